The van der Waals surface area contributed by atoms with E-state index in [1.54, 1.807) is 0 Å². The summed E-state index contributed by atoms with van der Waals surface area (Å²) in [7, 11) is 0. The molecule has 0 spiro atoms. The lowest BCUT2D eigenvalue weighted by atomic mass is 9.80. The SMILES string of the molecule is CC.CC1C(O)(O)CCCC1(O)O. The Morgan fingerprint density at radius 1 is 0.923 bits per heavy atom. The predicted molar refractivity (Wildman–Crippen MR) is 48.7 cm³/mol. The van der Waals surface area contributed by atoms with Crippen LogP contribution in [-0.4, -0.2) is 32.0 Å². The van der Waals surface area contributed by atoms with Gasteiger partial charge in [-0.05, 0) is 6.42 Å². The van der Waals surface area contributed by atoms with Gasteiger partial charge in [-0.1, -0.05) is 20.8 Å². The van der Waals surface area contributed by atoms with E-state index >= 15 is 0 Å². The molecule has 4 N–H and O–H groups in total. The van der Waals surface area contributed by atoms with Gasteiger partial charge in [0, 0.05) is 12.8 Å². The maximum absolute atomic E-state index is 9.21. The topological polar surface area (TPSA) is 80.9 Å². The molecule has 0 radical (unpaired) electrons. The van der Waals surface area contributed by atoms with E-state index in [1.165, 1.54) is 6.92 Å². The summed E-state index contributed by atoms with van der Waals surface area (Å²) < 4.78 is 0. The summed E-state index contributed by atoms with van der Waals surface area (Å²) >= 11 is 0. The standard InChI is InChI=1S/C7H14O4.C2H6/c1-5-6(8,9)3-2-4-7(5,10)11;1-2/h5,8-11H,2-4H2,1H3;1-2H3. The van der Waals surface area contributed by atoms with Crippen LogP contribution in [0.4, 0.5) is 0 Å². The van der Waals surface area contributed by atoms with Crippen LogP contribution in [0, 0.1) is 5.92 Å². The van der Waals surface area contributed by atoms with Crippen molar-refractivity contribution in [3.8, 4) is 0 Å². The molecule has 0 bridgehead atoms. The van der Waals surface area contributed by atoms with Crippen LogP contribution in [0.3, 0.4) is 0 Å². The average molecular weight is 192 g/mol. The Morgan fingerprint density at radius 2 is 1.23 bits per heavy atom. The van der Waals surface area contributed by atoms with Crippen LogP contribution in [0.2, 0.25) is 0 Å². The van der Waals surface area contributed by atoms with Crippen molar-refractivity contribution in [2.45, 2.75) is 51.6 Å². The lowest BCUT2D eigenvalue weighted by molar-refractivity contribution is -0.319. The molecule has 1 rings (SSSR count). The van der Waals surface area contributed by atoms with Gasteiger partial charge in [-0.3, -0.25) is 0 Å². The Hall–Kier alpha value is -0.160. The van der Waals surface area contributed by atoms with E-state index in [-0.39, 0.29) is 12.8 Å². The fourth-order valence-electron chi connectivity index (χ4n) is 1.41. The van der Waals surface area contributed by atoms with E-state index in [4.69, 9.17) is 0 Å². The molecular formula is C9H20O4. The van der Waals surface area contributed by atoms with Crippen LogP contribution in [0.25, 0.3) is 0 Å². The van der Waals surface area contributed by atoms with Crippen LogP contribution in [0.1, 0.15) is 40.0 Å². The van der Waals surface area contributed by atoms with E-state index in [2.05, 4.69) is 0 Å². The summed E-state index contributed by atoms with van der Waals surface area (Å²) in [5.74, 6) is -4.77. The van der Waals surface area contributed by atoms with Crippen molar-refractivity contribution < 1.29 is 20.4 Å². The minimum Gasteiger partial charge on any atom is -0.365 e. The third-order valence-corrected chi connectivity index (χ3v) is 2.48. The van der Waals surface area contributed by atoms with E-state index in [0.29, 0.717) is 6.42 Å². The number of hydrogen-bond acceptors (Lipinski definition) is 4. The Bertz CT molecular complexity index is 138. The van der Waals surface area contributed by atoms with Crippen molar-refractivity contribution in [1.29, 1.82) is 0 Å². The first-order valence-electron chi connectivity index (χ1n) is 4.76. The molecule has 0 atom stereocenters. The van der Waals surface area contributed by atoms with Gasteiger partial charge in [-0.25, -0.2) is 0 Å². The van der Waals surface area contributed by atoms with Crippen molar-refractivity contribution in [1.82, 2.24) is 0 Å². The maximum Gasteiger partial charge on any atom is 0.170 e. The molecule has 1 fully saturated rings. The Kier molecular flexibility index (Phi) is 4.32. The molecule has 4 nitrogen and oxygen atoms in total. The fourth-order valence-corrected chi connectivity index (χ4v) is 1.41. The minimum absolute atomic E-state index is 0.205. The summed E-state index contributed by atoms with van der Waals surface area (Å²) in [6, 6.07) is 0. The maximum atomic E-state index is 9.21. The summed E-state index contributed by atoms with van der Waals surface area (Å²) in [6.07, 6.45) is 0.832. The molecule has 0 amide bonds. The van der Waals surface area contributed by atoms with E-state index in [9.17, 15) is 20.4 Å². The van der Waals surface area contributed by atoms with Gasteiger partial charge in [0.2, 0.25) is 0 Å². The summed E-state index contributed by atoms with van der Waals surface area (Å²) in [5, 5.41) is 36.9. The van der Waals surface area contributed by atoms with Crippen LogP contribution in [0.5, 0.6) is 0 Å². The van der Waals surface area contributed by atoms with E-state index in [0.717, 1.165) is 0 Å². The van der Waals surface area contributed by atoms with Crippen LogP contribution in [0.15, 0.2) is 0 Å². The zero-order valence-corrected chi connectivity index (χ0v) is 8.49. The van der Waals surface area contributed by atoms with Crippen LogP contribution in [-0.2, 0) is 0 Å². The van der Waals surface area contributed by atoms with Gasteiger partial charge in [0.05, 0.1) is 5.92 Å². The van der Waals surface area contributed by atoms with Gasteiger partial charge in [0.25, 0.3) is 0 Å². The molecule has 80 valence electrons. The lowest BCUT2D eigenvalue weighted by Gasteiger charge is -2.41. The molecule has 0 saturated heterocycles. The number of aliphatic hydroxyl groups is 4. The predicted octanol–water partition coefficient (Wildman–Crippen LogP) is 0.194. The summed E-state index contributed by atoms with van der Waals surface area (Å²) in [5.41, 5.74) is 0. The largest absolute Gasteiger partial charge is 0.365 e. The lowest BCUT2D eigenvalue weighted by Crippen LogP contribution is -2.53. The molecule has 0 unspecified atom stereocenters. The molecule has 0 aromatic heterocycles. The van der Waals surface area contributed by atoms with Gasteiger partial charge < -0.3 is 20.4 Å². The quantitative estimate of drug-likeness (QED) is 0.413. The highest BCUT2D eigenvalue weighted by atomic mass is 16.5. The second-order valence-corrected chi connectivity index (χ2v) is 3.33. The molecular weight excluding hydrogens is 172 g/mol. The van der Waals surface area contributed by atoms with Gasteiger partial charge in [-0.2, -0.15) is 0 Å². The summed E-state index contributed by atoms with van der Waals surface area (Å²) in [4.78, 5) is 0. The first-order valence-corrected chi connectivity index (χ1v) is 4.76. The summed E-state index contributed by atoms with van der Waals surface area (Å²) in [6.45, 7) is 5.42. The smallest absolute Gasteiger partial charge is 0.170 e. The zero-order valence-electron chi connectivity index (χ0n) is 8.49. The van der Waals surface area contributed by atoms with Gasteiger partial charge in [-0.15, -0.1) is 0 Å². The molecule has 0 aromatic rings. The molecule has 13 heavy (non-hydrogen) atoms. The highest BCUT2D eigenvalue weighted by Crippen LogP contribution is 2.37. The fraction of sp³-hybridized carbons (Fsp3) is 1.00. The zero-order chi connectivity index (χ0) is 10.7. The second-order valence-electron chi connectivity index (χ2n) is 3.33. The number of rotatable bonds is 0. The third-order valence-electron chi connectivity index (χ3n) is 2.48. The first kappa shape index (κ1) is 12.8. The Balaban J connectivity index is 0.000000671. The van der Waals surface area contributed by atoms with Crippen molar-refractivity contribution in [2.24, 2.45) is 5.92 Å². The van der Waals surface area contributed by atoms with Crippen LogP contribution >= 0.6 is 0 Å². The van der Waals surface area contributed by atoms with Gasteiger partial charge >= 0.3 is 0 Å². The van der Waals surface area contributed by atoms with Crippen LogP contribution < -0.4 is 0 Å². The first-order chi connectivity index (χ1) is 5.86. The molecule has 1 aliphatic carbocycles. The second kappa shape index (κ2) is 4.37. The van der Waals surface area contributed by atoms with Gasteiger partial charge in [0.1, 0.15) is 0 Å². The van der Waals surface area contributed by atoms with E-state index in [1.807, 2.05) is 13.8 Å². The average Bonchev–Trinajstić information content (AvgIpc) is 2.04. The monoisotopic (exact) mass is 192 g/mol. The normalized spacial score (nSPS) is 26.1. The van der Waals surface area contributed by atoms with E-state index < -0.39 is 17.5 Å². The van der Waals surface area contributed by atoms with Crippen molar-refractivity contribution in [3.05, 3.63) is 0 Å². The van der Waals surface area contributed by atoms with Crippen molar-refractivity contribution >= 4 is 0 Å². The highest BCUT2D eigenvalue weighted by Gasteiger charge is 2.47. The highest BCUT2D eigenvalue weighted by molar-refractivity contribution is 4.88. The van der Waals surface area contributed by atoms with Gasteiger partial charge in [0.15, 0.2) is 11.6 Å². The molecule has 0 aromatic carbocycles. The molecule has 4 heteroatoms. The molecule has 1 aliphatic rings. The molecule has 1 saturated carbocycles. The Labute approximate surface area is 78.8 Å². The minimum atomic E-state index is -1.93. The third kappa shape index (κ3) is 2.91. The molecule has 0 aliphatic heterocycles. The Morgan fingerprint density at radius 3 is 1.46 bits per heavy atom. The number of hydrogen-bond donors (Lipinski definition) is 4. The van der Waals surface area contributed by atoms with Crippen molar-refractivity contribution in [2.75, 3.05) is 0 Å². The molecule has 0 heterocycles. The van der Waals surface area contributed by atoms with Crippen molar-refractivity contribution in [3.63, 3.8) is 0 Å².